The van der Waals surface area contributed by atoms with E-state index in [1.807, 2.05) is 12.3 Å². The third-order valence-electron chi connectivity index (χ3n) is 2.65. The summed E-state index contributed by atoms with van der Waals surface area (Å²) in [7, 11) is -3.55. The van der Waals surface area contributed by atoms with Crippen LogP contribution >= 0.6 is 11.3 Å². The van der Waals surface area contributed by atoms with E-state index in [1.54, 1.807) is 6.20 Å². The van der Waals surface area contributed by atoms with E-state index < -0.39 is 10.0 Å². The Kier molecular flexibility index (Phi) is 4.35. The molecule has 2 heterocycles. The summed E-state index contributed by atoms with van der Waals surface area (Å²) in [6.45, 7) is 1.98. The minimum Gasteiger partial charge on any atom is -0.390 e. The highest BCUT2D eigenvalue weighted by atomic mass is 32.2. The van der Waals surface area contributed by atoms with E-state index in [0.717, 1.165) is 5.01 Å². The first kappa shape index (κ1) is 14.2. The molecule has 2 aromatic heterocycles. The van der Waals surface area contributed by atoms with Gasteiger partial charge in [0.05, 0.1) is 16.5 Å². The number of nitrogens with zero attached hydrogens (tertiary/aromatic N) is 1. The van der Waals surface area contributed by atoms with Gasteiger partial charge in [-0.1, -0.05) is 6.92 Å². The molecule has 3 N–H and O–H groups in total. The van der Waals surface area contributed by atoms with Crippen molar-refractivity contribution in [1.29, 1.82) is 0 Å². The Labute approximate surface area is 115 Å². The van der Waals surface area contributed by atoms with Crippen LogP contribution in [0.15, 0.2) is 28.7 Å². The molecule has 8 heteroatoms. The maximum absolute atomic E-state index is 12.0. The van der Waals surface area contributed by atoms with Crippen molar-refractivity contribution in [2.45, 2.75) is 24.3 Å². The predicted octanol–water partition coefficient (Wildman–Crippen LogP) is 1.05. The number of aromatic nitrogens is 2. The fraction of sp³-hybridized carbons (Fsp3) is 0.364. The largest absolute Gasteiger partial charge is 0.390 e. The maximum Gasteiger partial charge on any atom is 0.242 e. The molecule has 0 bridgehead atoms. The van der Waals surface area contributed by atoms with Gasteiger partial charge in [0, 0.05) is 35.9 Å². The van der Waals surface area contributed by atoms with Crippen LogP contribution in [0.5, 0.6) is 0 Å². The molecule has 0 saturated carbocycles. The molecular weight excluding hydrogens is 286 g/mol. The lowest BCUT2D eigenvalue weighted by Crippen LogP contribution is -2.27. The van der Waals surface area contributed by atoms with Crippen molar-refractivity contribution >= 4 is 21.4 Å². The second-order valence-electron chi connectivity index (χ2n) is 4.14. The highest BCUT2D eigenvalue weighted by Gasteiger charge is 2.18. The Hall–Kier alpha value is -1.22. The van der Waals surface area contributed by atoms with Crippen molar-refractivity contribution in [3.63, 3.8) is 0 Å². The maximum atomic E-state index is 12.0. The summed E-state index contributed by atoms with van der Waals surface area (Å²) in [5, 5.41) is 11.7. The number of aliphatic hydroxyl groups is 1. The van der Waals surface area contributed by atoms with E-state index in [0.29, 0.717) is 5.69 Å². The molecule has 0 amide bonds. The monoisotopic (exact) mass is 301 g/mol. The topological polar surface area (TPSA) is 95.1 Å². The number of hydrogen-bond donors (Lipinski definition) is 3. The molecule has 0 aliphatic rings. The number of sulfonamides is 1. The average Bonchev–Trinajstić information content (AvgIpc) is 3.06. The van der Waals surface area contributed by atoms with Crippen LogP contribution < -0.4 is 4.72 Å². The van der Waals surface area contributed by atoms with Gasteiger partial charge in [-0.2, -0.15) is 0 Å². The van der Waals surface area contributed by atoms with E-state index in [2.05, 4.69) is 14.7 Å². The van der Waals surface area contributed by atoms with Crippen molar-refractivity contribution in [2.75, 3.05) is 6.54 Å². The van der Waals surface area contributed by atoms with Crippen LogP contribution in [0.2, 0.25) is 0 Å². The standard InChI is InChI=1S/C11H15N3O3S2/c1-8(11-12-2-3-18-11)5-14-19(16,17)10-4-9(7-15)13-6-10/h2-4,6,8,13-15H,5,7H2,1H3. The Morgan fingerprint density at radius 1 is 1.58 bits per heavy atom. The van der Waals surface area contributed by atoms with Crippen molar-refractivity contribution in [2.24, 2.45) is 0 Å². The van der Waals surface area contributed by atoms with Crippen LogP contribution in [-0.2, 0) is 16.6 Å². The van der Waals surface area contributed by atoms with Crippen molar-refractivity contribution < 1.29 is 13.5 Å². The first-order chi connectivity index (χ1) is 9.03. The zero-order chi connectivity index (χ0) is 13.9. The molecule has 104 valence electrons. The molecule has 0 saturated heterocycles. The first-order valence-corrected chi connectivity index (χ1v) is 8.06. The lowest BCUT2D eigenvalue weighted by molar-refractivity contribution is 0.277. The first-order valence-electron chi connectivity index (χ1n) is 5.70. The van der Waals surface area contributed by atoms with Crippen LogP contribution in [0.1, 0.15) is 23.5 Å². The minimum atomic E-state index is -3.55. The number of hydrogen-bond acceptors (Lipinski definition) is 5. The summed E-state index contributed by atoms with van der Waals surface area (Å²) >= 11 is 1.50. The van der Waals surface area contributed by atoms with E-state index in [4.69, 9.17) is 5.11 Å². The van der Waals surface area contributed by atoms with Crippen LogP contribution in [-0.4, -0.2) is 30.0 Å². The fourth-order valence-corrected chi connectivity index (χ4v) is 3.39. The molecule has 0 aromatic carbocycles. The van der Waals surface area contributed by atoms with E-state index >= 15 is 0 Å². The smallest absolute Gasteiger partial charge is 0.242 e. The van der Waals surface area contributed by atoms with Crippen LogP contribution in [0, 0.1) is 0 Å². The molecule has 0 aliphatic heterocycles. The molecule has 2 aromatic rings. The summed E-state index contributed by atoms with van der Waals surface area (Å²) in [6.07, 6.45) is 3.06. The number of H-pyrrole nitrogens is 1. The molecule has 2 rings (SSSR count). The summed E-state index contributed by atoms with van der Waals surface area (Å²) in [6, 6.07) is 1.41. The van der Waals surface area contributed by atoms with E-state index in [1.165, 1.54) is 23.6 Å². The fourth-order valence-electron chi connectivity index (χ4n) is 1.55. The van der Waals surface area contributed by atoms with Gasteiger partial charge in [0.25, 0.3) is 0 Å². The van der Waals surface area contributed by atoms with E-state index in [9.17, 15) is 8.42 Å². The highest BCUT2D eigenvalue weighted by molar-refractivity contribution is 7.89. The third kappa shape index (κ3) is 3.41. The molecule has 19 heavy (non-hydrogen) atoms. The van der Waals surface area contributed by atoms with Crippen LogP contribution in [0.3, 0.4) is 0 Å². The number of nitrogens with one attached hydrogen (secondary N) is 2. The summed E-state index contributed by atoms with van der Waals surface area (Å²) < 4.78 is 26.5. The van der Waals surface area contributed by atoms with Crippen molar-refractivity contribution in [3.05, 3.63) is 34.5 Å². The van der Waals surface area contributed by atoms with Crippen molar-refractivity contribution in [3.8, 4) is 0 Å². The molecule has 1 unspecified atom stereocenters. The van der Waals surface area contributed by atoms with Gasteiger partial charge in [-0.25, -0.2) is 18.1 Å². The number of aromatic amines is 1. The zero-order valence-corrected chi connectivity index (χ0v) is 12.0. The number of aliphatic hydroxyl groups excluding tert-OH is 1. The minimum absolute atomic E-state index is 0.0195. The van der Waals surface area contributed by atoms with Gasteiger partial charge in [0.15, 0.2) is 0 Å². The Morgan fingerprint density at radius 3 is 2.95 bits per heavy atom. The second kappa shape index (κ2) is 5.83. The number of rotatable bonds is 6. The Balaban J connectivity index is 2.01. The molecular formula is C11H15N3O3S2. The third-order valence-corrected chi connectivity index (χ3v) is 5.06. The predicted molar refractivity (Wildman–Crippen MR) is 72.4 cm³/mol. The van der Waals surface area contributed by atoms with Gasteiger partial charge in [-0.05, 0) is 6.07 Å². The molecule has 0 fully saturated rings. The van der Waals surface area contributed by atoms with E-state index in [-0.39, 0.29) is 24.0 Å². The highest BCUT2D eigenvalue weighted by Crippen LogP contribution is 2.18. The lowest BCUT2D eigenvalue weighted by atomic mass is 10.2. The van der Waals surface area contributed by atoms with Gasteiger partial charge in [0.2, 0.25) is 10.0 Å². The molecule has 0 radical (unpaired) electrons. The Bertz CT molecular complexity index is 619. The lowest BCUT2D eigenvalue weighted by Gasteiger charge is -2.09. The van der Waals surface area contributed by atoms with Crippen molar-refractivity contribution in [1.82, 2.24) is 14.7 Å². The SMILES string of the molecule is CC(CNS(=O)(=O)c1c[nH]c(CO)c1)c1nccs1. The quantitative estimate of drug-likeness (QED) is 0.743. The Morgan fingerprint density at radius 2 is 2.37 bits per heavy atom. The van der Waals surface area contributed by atoms with Gasteiger partial charge >= 0.3 is 0 Å². The van der Waals surface area contributed by atoms with Gasteiger partial charge < -0.3 is 10.1 Å². The molecule has 1 atom stereocenters. The number of thiazole rings is 1. The molecule has 0 spiro atoms. The van der Waals surface area contributed by atoms with Gasteiger partial charge in [0.1, 0.15) is 0 Å². The summed E-state index contributed by atoms with van der Waals surface area (Å²) in [5.41, 5.74) is 0.466. The molecule has 6 nitrogen and oxygen atoms in total. The zero-order valence-electron chi connectivity index (χ0n) is 10.3. The summed E-state index contributed by atoms with van der Waals surface area (Å²) in [4.78, 5) is 6.98. The normalized spacial score (nSPS) is 13.6. The summed E-state index contributed by atoms with van der Waals surface area (Å²) in [5.74, 6) is 0.0195. The van der Waals surface area contributed by atoms with Crippen LogP contribution in [0.25, 0.3) is 0 Å². The van der Waals surface area contributed by atoms with Gasteiger partial charge in [-0.15, -0.1) is 11.3 Å². The van der Waals surface area contributed by atoms with Gasteiger partial charge in [-0.3, -0.25) is 0 Å². The van der Waals surface area contributed by atoms with Crippen LogP contribution in [0.4, 0.5) is 0 Å². The molecule has 0 aliphatic carbocycles. The average molecular weight is 301 g/mol. The second-order valence-corrected chi connectivity index (χ2v) is 6.84.